The van der Waals surface area contributed by atoms with E-state index in [4.69, 9.17) is 4.74 Å². The van der Waals surface area contributed by atoms with E-state index in [0.29, 0.717) is 26.2 Å². The largest absolute Gasteiger partial charge is 0.448 e. The molecular formula is C7H14N2O3. The summed E-state index contributed by atoms with van der Waals surface area (Å²) < 4.78 is 4.70. The Morgan fingerprint density at radius 1 is 1.83 bits per heavy atom. The highest BCUT2D eigenvalue weighted by Gasteiger charge is 2.23. The molecule has 1 saturated heterocycles. The minimum Gasteiger partial charge on any atom is -0.448 e. The molecule has 5 heteroatoms. The average molecular weight is 174 g/mol. The summed E-state index contributed by atoms with van der Waals surface area (Å²) in [6.07, 6.45) is -0.842. The van der Waals surface area contributed by atoms with E-state index in [9.17, 15) is 9.90 Å². The third-order valence-electron chi connectivity index (χ3n) is 1.72. The van der Waals surface area contributed by atoms with Gasteiger partial charge < -0.3 is 20.1 Å². The van der Waals surface area contributed by atoms with Crippen molar-refractivity contribution in [3.8, 4) is 0 Å². The monoisotopic (exact) mass is 174 g/mol. The summed E-state index contributed by atoms with van der Waals surface area (Å²) in [6, 6.07) is 0. The van der Waals surface area contributed by atoms with E-state index in [-0.39, 0.29) is 6.09 Å². The fourth-order valence-electron chi connectivity index (χ4n) is 1.15. The van der Waals surface area contributed by atoms with Gasteiger partial charge in [-0.3, -0.25) is 0 Å². The molecule has 1 heterocycles. The van der Waals surface area contributed by atoms with Gasteiger partial charge in [0, 0.05) is 6.54 Å². The number of aliphatic hydroxyl groups is 1. The number of likely N-dealkylation sites (N-methyl/N-ethyl adjacent to an activating group) is 1. The van der Waals surface area contributed by atoms with Gasteiger partial charge in [0.2, 0.25) is 0 Å². The summed E-state index contributed by atoms with van der Waals surface area (Å²) in [6.45, 7) is 1.86. The molecular weight excluding hydrogens is 160 g/mol. The van der Waals surface area contributed by atoms with E-state index in [0.717, 1.165) is 0 Å². The number of carbonyl (C=O) groups is 1. The first-order chi connectivity index (χ1) is 5.74. The van der Waals surface area contributed by atoms with Crippen LogP contribution in [0.1, 0.15) is 0 Å². The van der Waals surface area contributed by atoms with Gasteiger partial charge in [-0.25, -0.2) is 4.79 Å². The van der Waals surface area contributed by atoms with Gasteiger partial charge in [0.15, 0.2) is 0 Å². The van der Waals surface area contributed by atoms with Gasteiger partial charge >= 0.3 is 6.09 Å². The zero-order valence-electron chi connectivity index (χ0n) is 7.12. The third kappa shape index (κ3) is 2.35. The molecule has 2 N–H and O–H groups in total. The van der Waals surface area contributed by atoms with Gasteiger partial charge in [-0.1, -0.05) is 0 Å². The highest BCUT2D eigenvalue weighted by Crippen LogP contribution is 2.03. The lowest BCUT2D eigenvalue weighted by molar-refractivity contribution is 0.118. The Balaban J connectivity index is 2.25. The first-order valence-corrected chi connectivity index (χ1v) is 3.98. The highest BCUT2D eigenvalue weighted by molar-refractivity contribution is 5.69. The van der Waals surface area contributed by atoms with Crippen LogP contribution >= 0.6 is 0 Å². The van der Waals surface area contributed by atoms with E-state index >= 15 is 0 Å². The van der Waals surface area contributed by atoms with Crippen molar-refractivity contribution < 1.29 is 14.6 Å². The zero-order valence-corrected chi connectivity index (χ0v) is 7.12. The number of hydrogen-bond donors (Lipinski definition) is 2. The molecule has 0 radical (unpaired) electrons. The van der Waals surface area contributed by atoms with Crippen LogP contribution in [0.5, 0.6) is 0 Å². The second kappa shape index (κ2) is 4.27. The van der Waals surface area contributed by atoms with Gasteiger partial charge in [0.05, 0.1) is 19.2 Å². The highest BCUT2D eigenvalue weighted by atomic mass is 16.6. The Hall–Kier alpha value is -0.810. The SMILES string of the molecule is CNCC(O)CN1CCOC1=O. The lowest BCUT2D eigenvalue weighted by Gasteiger charge is -2.16. The minimum absolute atomic E-state index is 0.329. The van der Waals surface area contributed by atoms with Crippen molar-refractivity contribution >= 4 is 6.09 Å². The van der Waals surface area contributed by atoms with Crippen LogP contribution in [-0.4, -0.2) is 55.5 Å². The van der Waals surface area contributed by atoms with Crippen molar-refractivity contribution in [3.05, 3.63) is 0 Å². The lowest BCUT2D eigenvalue weighted by atomic mass is 10.3. The Kier molecular flexibility index (Phi) is 3.31. The van der Waals surface area contributed by atoms with Crippen LogP contribution in [-0.2, 0) is 4.74 Å². The molecule has 0 aromatic rings. The molecule has 0 bridgehead atoms. The molecule has 1 atom stereocenters. The molecule has 1 unspecified atom stereocenters. The fraction of sp³-hybridized carbons (Fsp3) is 0.857. The molecule has 1 aliphatic heterocycles. The molecule has 0 aromatic heterocycles. The first-order valence-electron chi connectivity index (χ1n) is 3.98. The molecule has 1 amide bonds. The summed E-state index contributed by atoms with van der Waals surface area (Å²) >= 11 is 0. The van der Waals surface area contributed by atoms with Crippen molar-refractivity contribution in [1.29, 1.82) is 0 Å². The standard InChI is InChI=1S/C7H14N2O3/c1-8-4-6(10)5-9-2-3-12-7(9)11/h6,8,10H,2-5H2,1H3. The van der Waals surface area contributed by atoms with Crippen LogP contribution in [0.4, 0.5) is 4.79 Å². The summed E-state index contributed by atoms with van der Waals surface area (Å²) in [5.74, 6) is 0. The maximum Gasteiger partial charge on any atom is 0.410 e. The van der Waals surface area contributed by atoms with Crippen LogP contribution in [0, 0.1) is 0 Å². The maximum absolute atomic E-state index is 10.9. The number of amides is 1. The quantitative estimate of drug-likeness (QED) is 0.575. The normalized spacial score (nSPS) is 19.5. The van der Waals surface area contributed by atoms with Crippen LogP contribution in [0.2, 0.25) is 0 Å². The van der Waals surface area contributed by atoms with Crippen molar-refractivity contribution in [2.24, 2.45) is 0 Å². The molecule has 0 aliphatic carbocycles. The summed E-state index contributed by atoms with van der Waals surface area (Å²) in [4.78, 5) is 12.4. The molecule has 1 rings (SSSR count). The van der Waals surface area contributed by atoms with Crippen LogP contribution in [0.25, 0.3) is 0 Å². The van der Waals surface area contributed by atoms with Crippen molar-refractivity contribution in [2.45, 2.75) is 6.10 Å². The Labute approximate surface area is 71.3 Å². The second-order valence-electron chi connectivity index (χ2n) is 2.77. The smallest absolute Gasteiger partial charge is 0.410 e. The third-order valence-corrected chi connectivity index (χ3v) is 1.72. The number of β-amino-alcohol motifs (C(OH)–C–C–N with tert-alkyl or cyclic N) is 1. The molecule has 70 valence electrons. The van der Waals surface area contributed by atoms with E-state index in [2.05, 4.69) is 5.32 Å². The molecule has 1 fully saturated rings. The molecule has 5 nitrogen and oxygen atoms in total. The number of nitrogens with zero attached hydrogens (tertiary/aromatic N) is 1. The summed E-state index contributed by atoms with van der Waals surface area (Å²) in [5.41, 5.74) is 0. The van der Waals surface area contributed by atoms with E-state index in [1.807, 2.05) is 0 Å². The second-order valence-corrected chi connectivity index (χ2v) is 2.77. The zero-order chi connectivity index (χ0) is 8.97. The molecule has 1 aliphatic rings. The number of nitrogens with one attached hydrogen (secondary N) is 1. The summed E-state index contributed by atoms with van der Waals surface area (Å²) in [7, 11) is 1.76. The van der Waals surface area contributed by atoms with E-state index < -0.39 is 6.10 Å². The molecule has 0 saturated carbocycles. The number of hydrogen-bond acceptors (Lipinski definition) is 4. The van der Waals surface area contributed by atoms with Crippen LogP contribution in [0.15, 0.2) is 0 Å². The number of aliphatic hydroxyl groups excluding tert-OH is 1. The predicted molar refractivity (Wildman–Crippen MR) is 42.9 cm³/mol. The fourth-order valence-corrected chi connectivity index (χ4v) is 1.15. The Morgan fingerprint density at radius 2 is 2.58 bits per heavy atom. The van der Waals surface area contributed by atoms with Crippen LogP contribution in [0.3, 0.4) is 0 Å². The molecule has 0 aromatic carbocycles. The Morgan fingerprint density at radius 3 is 3.08 bits per heavy atom. The van der Waals surface area contributed by atoms with Gasteiger partial charge in [-0.05, 0) is 7.05 Å². The minimum atomic E-state index is -0.513. The average Bonchev–Trinajstić information content (AvgIpc) is 2.37. The van der Waals surface area contributed by atoms with Gasteiger partial charge in [-0.15, -0.1) is 0 Å². The number of rotatable bonds is 4. The molecule has 12 heavy (non-hydrogen) atoms. The van der Waals surface area contributed by atoms with Gasteiger partial charge in [-0.2, -0.15) is 0 Å². The van der Waals surface area contributed by atoms with Crippen molar-refractivity contribution in [3.63, 3.8) is 0 Å². The van der Waals surface area contributed by atoms with Crippen molar-refractivity contribution in [1.82, 2.24) is 10.2 Å². The van der Waals surface area contributed by atoms with E-state index in [1.54, 1.807) is 7.05 Å². The number of ether oxygens (including phenoxy) is 1. The van der Waals surface area contributed by atoms with Gasteiger partial charge in [0.1, 0.15) is 6.61 Å². The predicted octanol–water partition coefficient (Wildman–Crippen LogP) is -0.981. The number of carbonyl (C=O) groups excluding carboxylic acids is 1. The first kappa shape index (κ1) is 9.28. The van der Waals surface area contributed by atoms with Crippen LogP contribution < -0.4 is 5.32 Å². The van der Waals surface area contributed by atoms with E-state index in [1.165, 1.54) is 4.90 Å². The molecule has 0 spiro atoms. The Bertz CT molecular complexity index is 163. The maximum atomic E-state index is 10.9. The van der Waals surface area contributed by atoms with Gasteiger partial charge in [0.25, 0.3) is 0 Å². The summed E-state index contributed by atoms with van der Waals surface area (Å²) in [5, 5.41) is 12.1. The lowest BCUT2D eigenvalue weighted by Crippen LogP contribution is -2.37. The topological polar surface area (TPSA) is 61.8 Å². The number of cyclic esters (lactones) is 1. The van der Waals surface area contributed by atoms with Crippen molar-refractivity contribution in [2.75, 3.05) is 33.3 Å².